The molecule has 1 aromatic heterocycles. The zero-order valence-corrected chi connectivity index (χ0v) is 9.67. The minimum Gasteiger partial charge on any atom is -0.318 e. The molecule has 0 fully saturated rings. The Morgan fingerprint density at radius 1 is 1.35 bits per heavy atom. The SMILES string of the molecule is CCC(N)C#Cc1cnnn1-c1ccccc1. The Balaban J connectivity index is 2.32. The molecular formula is C13H14N4. The average molecular weight is 226 g/mol. The Morgan fingerprint density at radius 2 is 2.12 bits per heavy atom. The maximum absolute atomic E-state index is 5.75. The van der Waals surface area contributed by atoms with Gasteiger partial charge in [0.05, 0.1) is 17.9 Å². The highest BCUT2D eigenvalue weighted by atomic mass is 15.4. The molecule has 0 saturated carbocycles. The van der Waals surface area contributed by atoms with E-state index in [4.69, 9.17) is 5.73 Å². The van der Waals surface area contributed by atoms with Crippen molar-refractivity contribution in [1.29, 1.82) is 0 Å². The minimum absolute atomic E-state index is 0.103. The van der Waals surface area contributed by atoms with Crippen molar-refractivity contribution in [3.05, 3.63) is 42.2 Å². The largest absolute Gasteiger partial charge is 0.318 e. The van der Waals surface area contributed by atoms with Gasteiger partial charge in [-0.05, 0) is 24.5 Å². The molecule has 1 aromatic carbocycles. The summed E-state index contributed by atoms with van der Waals surface area (Å²) in [6.07, 6.45) is 2.47. The molecule has 0 aliphatic heterocycles. The van der Waals surface area contributed by atoms with Gasteiger partial charge in [0.1, 0.15) is 5.69 Å². The molecule has 0 amide bonds. The molecule has 0 saturated heterocycles. The van der Waals surface area contributed by atoms with E-state index in [9.17, 15) is 0 Å². The molecule has 17 heavy (non-hydrogen) atoms. The molecule has 4 heteroatoms. The zero-order valence-electron chi connectivity index (χ0n) is 9.67. The van der Waals surface area contributed by atoms with Gasteiger partial charge in [0.15, 0.2) is 0 Å². The van der Waals surface area contributed by atoms with Crippen LogP contribution in [0.3, 0.4) is 0 Å². The Bertz CT molecular complexity index is 533. The van der Waals surface area contributed by atoms with Crippen LogP contribution >= 0.6 is 0 Å². The van der Waals surface area contributed by atoms with Crippen molar-refractivity contribution in [2.45, 2.75) is 19.4 Å². The summed E-state index contributed by atoms with van der Waals surface area (Å²) in [5.41, 5.74) is 7.45. The zero-order chi connectivity index (χ0) is 12.1. The third kappa shape index (κ3) is 2.71. The third-order valence-corrected chi connectivity index (χ3v) is 2.38. The number of rotatable bonds is 2. The number of hydrogen-bond acceptors (Lipinski definition) is 3. The Hall–Kier alpha value is -2.12. The summed E-state index contributed by atoms with van der Waals surface area (Å²) in [5.74, 6) is 5.98. The predicted octanol–water partition coefficient (Wildman–Crippen LogP) is 1.36. The van der Waals surface area contributed by atoms with E-state index < -0.39 is 0 Å². The van der Waals surface area contributed by atoms with Crippen molar-refractivity contribution >= 4 is 0 Å². The number of aromatic nitrogens is 3. The van der Waals surface area contributed by atoms with Gasteiger partial charge in [0.2, 0.25) is 0 Å². The lowest BCUT2D eigenvalue weighted by molar-refractivity contribution is 0.793. The standard InChI is InChI=1S/C13H14N4/c1-2-11(14)8-9-13-10-15-16-17(13)12-6-4-3-5-7-12/h3-7,10-11H,2,14H2,1H3. The van der Waals surface area contributed by atoms with Crippen LogP contribution in [0.5, 0.6) is 0 Å². The normalized spacial score (nSPS) is 11.6. The van der Waals surface area contributed by atoms with E-state index >= 15 is 0 Å². The maximum atomic E-state index is 5.75. The summed E-state index contributed by atoms with van der Waals surface area (Å²) in [5, 5.41) is 7.89. The first-order valence-electron chi connectivity index (χ1n) is 5.54. The molecule has 1 unspecified atom stereocenters. The second-order valence-corrected chi connectivity index (χ2v) is 3.65. The monoisotopic (exact) mass is 226 g/mol. The van der Waals surface area contributed by atoms with Crippen molar-refractivity contribution in [3.8, 4) is 17.5 Å². The summed E-state index contributed by atoms with van der Waals surface area (Å²) in [6, 6.07) is 9.67. The smallest absolute Gasteiger partial charge is 0.137 e. The van der Waals surface area contributed by atoms with E-state index in [2.05, 4.69) is 22.2 Å². The predicted molar refractivity (Wildman–Crippen MR) is 66.5 cm³/mol. The fraction of sp³-hybridized carbons (Fsp3) is 0.231. The van der Waals surface area contributed by atoms with E-state index in [1.807, 2.05) is 37.3 Å². The summed E-state index contributed by atoms with van der Waals surface area (Å²) >= 11 is 0. The molecule has 0 spiro atoms. The van der Waals surface area contributed by atoms with Gasteiger partial charge in [0, 0.05) is 0 Å². The Labute approximate surface area is 100 Å². The van der Waals surface area contributed by atoms with Crippen LogP contribution in [0, 0.1) is 11.8 Å². The van der Waals surface area contributed by atoms with Crippen LogP contribution in [-0.2, 0) is 0 Å². The summed E-state index contributed by atoms with van der Waals surface area (Å²) in [6.45, 7) is 2.01. The van der Waals surface area contributed by atoms with E-state index in [1.54, 1.807) is 10.9 Å². The van der Waals surface area contributed by atoms with Crippen molar-refractivity contribution in [2.75, 3.05) is 0 Å². The fourth-order valence-electron chi connectivity index (χ4n) is 1.35. The number of nitrogens with zero attached hydrogens (tertiary/aromatic N) is 3. The molecule has 1 heterocycles. The molecular weight excluding hydrogens is 212 g/mol. The van der Waals surface area contributed by atoms with E-state index in [-0.39, 0.29) is 6.04 Å². The molecule has 0 bridgehead atoms. The molecule has 0 radical (unpaired) electrons. The topological polar surface area (TPSA) is 56.7 Å². The van der Waals surface area contributed by atoms with E-state index in [0.717, 1.165) is 17.8 Å². The highest BCUT2D eigenvalue weighted by Gasteiger charge is 2.02. The van der Waals surface area contributed by atoms with E-state index in [1.165, 1.54) is 0 Å². The van der Waals surface area contributed by atoms with Gasteiger partial charge in [0.25, 0.3) is 0 Å². The third-order valence-electron chi connectivity index (χ3n) is 2.38. The van der Waals surface area contributed by atoms with Crippen molar-refractivity contribution in [1.82, 2.24) is 15.0 Å². The highest BCUT2D eigenvalue weighted by Crippen LogP contribution is 2.07. The van der Waals surface area contributed by atoms with Crippen molar-refractivity contribution in [2.24, 2.45) is 5.73 Å². The second-order valence-electron chi connectivity index (χ2n) is 3.65. The number of hydrogen-bond donors (Lipinski definition) is 1. The maximum Gasteiger partial charge on any atom is 0.137 e. The molecule has 0 aliphatic rings. The number of nitrogens with two attached hydrogens (primary N) is 1. The minimum atomic E-state index is -0.103. The second kappa shape index (κ2) is 5.28. The quantitative estimate of drug-likeness (QED) is 0.786. The first-order valence-corrected chi connectivity index (χ1v) is 5.54. The van der Waals surface area contributed by atoms with Gasteiger partial charge < -0.3 is 5.73 Å². The summed E-state index contributed by atoms with van der Waals surface area (Å²) in [7, 11) is 0. The van der Waals surface area contributed by atoms with Gasteiger partial charge in [-0.2, -0.15) is 0 Å². The van der Waals surface area contributed by atoms with Crippen LogP contribution in [0.1, 0.15) is 19.0 Å². The molecule has 4 nitrogen and oxygen atoms in total. The van der Waals surface area contributed by atoms with Gasteiger partial charge in [-0.3, -0.25) is 0 Å². The van der Waals surface area contributed by atoms with Crippen LogP contribution in [0.15, 0.2) is 36.5 Å². The van der Waals surface area contributed by atoms with Gasteiger partial charge in [-0.25, -0.2) is 4.68 Å². The molecule has 0 aliphatic carbocycles. The Kier molecular flexibility index (Phi) is 3.53. The molecule has 86 valence electrons. The Morgan fingerprint density at radius 3 is 2.82 bits per heavy atom. The first-order chi connectivity index (χ1) is 8.31. The lowest BCUT2D eigenvalue weighted by Gasteiger charge is -2.01. The fourth-order valence-corrected chi connectivity index (χ4v) is 1.35. The summed E-state index contributed by atoms with van der Waals surface area (Å²) < 4.78 is 1.70. The summed E-state index contributed by atoms with van der Waals surface area (Å²) in [4.78, 5) is 0. The molecule has 1 atom stereocenters. The van der Waals surface area contributed by atoms with E-state index in [0.29, 0.717) is 0 Å². The number of benzene rings is 1. The molecule has 2 N–H and O–H groups in total. The molecule has 2 rings (SSSR count). The van der Waals surface area contributed by atoms with Crippen LogP contribution in [-0.4, -0.2) is 21.0 Å². The van der Waals surface area contributed by atoms with Crippen LogP contribution in [0.4, 0.5) is 0 Å². The van der Waals surface area contributed by atoms with Crippen molar-refractivity contribution in [3.63, 3.8) is 0 Å². The van der Waals surface area contributed by atoms with Gasteiger partial charge in [-0.15, -0.1) is 5.10 Å². The number of para-hydroxylation sites is 1. The van der Waals surface area contributed by atoms with Gasteiger partial charge in [-0.1, -0.05) is 36.3 Å². The molecule has 2 aromatic rings. The average Bonchev–Trinajstić information content (AvgIpc) is 2.85. The van der Waals surface area contributed by atoms with Gasteiger partial charge >= 0.3 is 0 Å². The van der Waals surface area contributed by atoms with Crippen LogP contribution in [0.25, 0.3) is 5.69 Å². The van der Waals surface area contributed by atoms with Crippen molar-refractivity contribution < 1.29 is 0 Å². The lowest BCUT2D eigenvalue weighted by Crippen LogP contribution is -2.15. The highest BCUT2D eigenvalue weighted by molar-refractivity contribution is 5.37. The first kappa shape index (κ1) is 11.4. The van der Waals surface area contributed by atoms with Crippen LogP contribution < -0.4 is 5.73 Å². The van der Waals surface area contributed by atoms with Crippen LogP contribution in [0.2, 0.25) is 0 Å². The lowest BCUT2D eigenvalue weighted by atomic mass is 10.2.